The van der Waals surface area contributed by atoms with Crippen LogP contribution in [-0.4, -0.2) is 34.1 Å². The number of nitrogens with one attached hydrogen (secondary N) is 2. The fourth-order valence-corrected chi connectivity index (χ4v) is 4.77. The smallest absolute Gasteiger partial charge is 0.339 e. The number of hydrogen-bond donors (Lipinski definition) is 3. The number of ether oxygens (including phenoxy) is 1. The van der Waals surface area contributed by atoms with Crippen molar-refractivity contribution in [1.29, 1.82) is 0 Å². The third-order valence-electron chi connectivity index (χ3n) is 6.59. The minimum atomic E-state index is -1.13. The molecule has 0 unspecified atom stereocenters. The first-order valence-corrected chi connectivity index (χ1v) is 11.7. The molecule has 1 aliphatic carbocycles. The highest BCUT2D eigenvalue weighted by Crippen LogP contribution is 2.29. The summed E-state index contributed by atoms with van der Waals surface area (Å²) in [5.74, 6) is -1.32. The van der Waals surface area contributed by atoms with Crippen LogP contribution in [-0.2, 0) is 28.9 Å². The Balaban J connectivity index is 1.30. The monoisotopic (exact) mass is 474 g/mol. The van der Waals surface area contributed by atoms with Crippen LogP contribution in [0.2, 0.25) is 0 Å². The number of para-hydroxylation sites is 1. The van der Waals surface area contributed by atoms with E-state index in [1.807, 2.05) is 30.3 Å². The molecule has 5 rings (SSSR count). The molecule has 0 saturated heterocycles. The van der Waals surface area contributed by atoms with Crippen LogP contribution in [0.1, 0.15) is 36.5 Å². The molecule has 8 heteroatoms. The molecule has 3 N–H and O–H groups in total. The van der Waals surface area contributed by atoms with Crippen LogP contribution < -0.4 is 15.7 Å². The lowest BCUT2D eigenvalue weighted by Crippen LogP contribution is -2.47. The summed E-state index contributed by atoms with van der Waals surface area (Å²) in [5.41, 5.74) is 3.58. The van der Waals surface area contributed by atoms with Gasteiger partial charge >= 0.3 is 11.6 Å². The molecule has 2 atom stereocenters. The van der Waals surface area contributed by atoms with Crippen LogP contribution in [0.4, 0.5) is 0 Å². The lowest BCUT2D eigenvalue weighted by atomic mass is 9.91. The number of benzene rings is 2. The van der Waals surface area contributed by atoms with Crippen LogP contribution in [0.5, 0.6) is 5.75 Å². The Labute approximate surface area is 200 Å². The van der Waals surface area contributed by atoms with Gasteiger partial charge in [0.25, 0.3) is 5.91 Å². The Morgan fingerprint density at radius 3 is 2.69 bits per heavy atom. The molecule has 8 nitrogen and oxygen atoms in total. The molecule has 1 amide bonds. The van der Waals surface area contributed by atoms with Crippen LogP contribution in [0.25, 0.3) is 21.9 Å². The number of aryl methyl sites for hydroxylation is 1. The zero-order chi connectivity index (χ0) is 24.5. The van der Waals surface area contributed by atoms with E-state index in [-0.39, 0.29) is 12.0 Å². The molecule has 2 heterocycles. The Bertz CT molecular complexity index is 1480. The summed E-state index contributed by atoms with van der Waals surface area (Å²) in [6.45, 7) is 1.55. The molecular formula is C27H26N2O6. The van der Waals surface area contributed by atoms with Gasteiger partial charge in [-0.25, -0.2) is 9.59 Å². The molecule has 2 aromatic carbocycles. The highest BCUT2D eigenvalue weighted by Gasteiger charge is 2.26. The van der Waals surface area contributed by atoms with Gasteiger partial charge in [0.1, 0.15) is 17.4 Å². The number of carbonyl (C=O) groups is 2. The van der Waals surface area contributed by atoms with Crippen LogP contribution >= 0.6 is 0 Å². The number of carbonyl (C=O) groups excluding carboxylic acids is 1. The standard InChI is InChI=1S/C27H26N2O6/c1-15(25(30)29-23(26(31)32)12-16-14-28-22-9-5-4-6-18(16)22)34-17-10-11-20-19-7-2-3-8-21(19)27(33)35-24(20)13-17/h4-6,9-11,13-15,23,28H,2-3,7-8,12H2,1H3,(H,29,30)(H,31,32)/t15-,23-/m0/s1. The summed E-state index contributed by atoms with van der Waals surface area (Å²) in [6.07, 6.45) is 4.51. The van der Waals surface area contributed by atoms with E-state index < -0.39 is 24.0 Å². The van der Waals surface area contributed by atoms with Crippen molar-refractivity contribution >= 4 is 33.7 Å². The average molecular weight is 475 g/mol. The summed E-state index contributed by atoms with van der Waals surface area (Å²) in [6, 6.07) is 11.7. The SMILES string of the molecule is C[C@H](Oc1ccc2c3c(c(=O)oc2c1)CCCC3)C(=O)N[C@@H](Cc1c[nH]c2ccccc12)C(=O)O. The largest absolute Gasteiger partial charge is 0.481 e. The second-order valence-electron chi connectivity index (χ2n) is 8.93. The van der Waals surface area contributed by atoms with Crippen LogP contribution in [0, 0.1) is 0 Å². The number of aliphatic carboxylic acids is 1. The summed E-state index contributed by atoms with van der Waals surface area (Å²) in [4.78, 5) is 40.2. The molecule has 0 radical (unpaired) electrons. The van der Waals surface area contributed by atoms with E-state index in [2.05, 4.69) is 10.3 Å². The van der Waals surface area contributed by atoms with Crippen molar-refractivity contribution in [3.8, 4) is 5.75 Å². The van der Waals surface area contributed by atoms with E-state index in [1.165, 1.54) is 0 Å². The van der Waals surface area contributed by atoms with Crippen molar-refractivity contribution in [2.45, 2.75) is 51.2 Å². The Kier molecular flexibility index (Phi) is 6.03. The van der Waals surface area contributed by atoms with Gasteiger partial charge < -0.3 is 24.6 Å². The number of carboxylic acid groups (broad SMARTS) is 1. The second-order valence-corrected chi connectivity index (χ2v) is 8.93. The van der Waals surface area contributed by atoms with Gasteiger partial charge in [-0.2, -0.15) is 0 Å². The molecule has 1 aliphatic rings. The van der Waals surface area contributed by atoms with Crippen LogP contribution in [0.15, 0.2) is 57.9 Å². The fraction of sp³-hybridized carbons (Fsp3) is 0.296. The maximum atomic E-state index is 12.8. The number of rotatable bonds is 7. The maximum Gasteiger partial charge on any atom is 0.339 e. The summed E-state index contributed by atoms with van der Waals surface area (Å²) < 4.78 is 11.3. The van der Waals surface area contributed by atoms with Crippen molar-refractivity contribution in [2.24, 2.45) is 0 Å². The lowest BCUT2D eigenvalue weighted by Gasteiger charge is -2.19. The van der Waals surface area contributed by atoms with Crippen molar-refractivity contribution in [3.05, 3.63) is 75.8 Å². The number of hydrogen-bond acceptors (Lipinski definition) is 5. The van der Waals surface area contributed by atoms with Gasteiger partial charge in [0, 0.05) is 40.5 Å². The first-order valence-electron chi connectivity index (χ1n) is 11.7. The zero-order valence-corrected chi connectivity index (χ0v) is 19.3. The third kappa shape index (κ3) is 4.51. The predicted molar refractivity (Wildman–Crippen MR) is 131 cm³/mol. The van der Waals surface area contributed by atoms with Gasteiger partial charge in [0.15, 0.2) is 6.10 Å². The molecular weight excluding hydrogens is 448 g/mol. The number of carboxylic acids is 1. The summed E-state index contributed by atoms with van der Waals surface area (Å²) >= 11 is 0. The summed E-state index contributed by atoms with van der Waals surface area (Å²) in [5, 5.41) is 14.1. The minimum Gasteiger partial charge on any atom is -0.481 e. The van der Waals surface area contributed by atoms with E-state index in [4.69, 9.17) is 9.15 Å². The van der Waals surface area contributed by atoms with E-state index in [9.17, 15) is 19.5 Å². The van der Waals surface area contributed by atoms with Crippen molar-refractivity contribution in [1.82, 2.24) is 10.3 Å². The van der Waals surface area contributed by atoms with E-state index in [0.29, 0.717) is 11.3 Å². The van der Waals surface area contributed by atoms with E-state index in [0.717, 1.165) is 58.7 Å². The fourth-order valence-electron chi connectivity index (χ4n) is 4.77. The normalized spacial score (nSPS) is 14.9. The first-order chi connectivity index (χ1) is 16.9. The average Bonchev–Trinajstić information content (AvgIpc) is 3.26. The highest BCUT2D eigenvalue weighted by atomic mass is 16.5. The molecule has 0 fully saturated rings. The van der Waals surface area contributed by atoms with Gasteiger partial charge in [-0.3, -0.25) is 4.79 Å². The van der Waals surface area contributed by atoms with Gasteiger partial charge in [0.2, 0.25) is 0 Å². The molecule has 0 aliphatic heterocycles. The number of aromatic nitrogens is 1. The van der Waals surface area contributed by atoms with Gasteiger partial charge in [-0.1, -0.05) is 18.2 Å². The molecule has 0 spiro atoms. The van der Waals surface area contributed by atoms with E-state index >= 15 is 0 Å². The molecule has 4 aromatic rings. The Morgan fingerprint density at radius 1 is 1.11 bits per heavy atom. The molecule has 35 heavy (non-hydrogen) atoms. The lowest BCUT2D eigenvalue weighted by molar-refractivity contribution is -0.142. The zero-order valence-electron chi connectivity index (χ0n) is 19.3. The van der Waals surface area contributed by atoms with E-state index in [1.54, 1.807) is 25.3 Å². The first kappa shape index (κ1) is 22.7. The Hall–Kier alpha value is -4.07. The maximum absolute atomic E-state index is 12.8. The number of H-pyrrole nitrogens is 1. The van der Waals surface area contributed by atoms with Gasteiger partial charge in [0.05, 0.1) is 0 Å². The second kappa shape index (κ2) is 9.29. The minimum absolute atomic E-state index is 0.129. The number of fused-ring (bicyclic) bond motifs is 4. The van der Waals surface area contributed by atoms with Gasteiger partial charge in [-0.05, 0) is 61.9 Å². The summed E-state index contributed by atoms with van der Waals surface area (Å²) in [7, 11) is 0. The molecule has 0 bridgehead atoms. The van der Waals surface area contributed by atoms with Crippen molar-refractivity contribution in [2.75, 3.05) is 0 Å². The Morgan fingerprint density at radius 2 is 1.89 bits per heavy atom. The molecule has 0 saturated carbocycles. The van der Waals surface area contributed by atoms with Crippen molar-refractivity contribution in [3.63, 3.8) is 0 Å². The topological polar surface area (TPSA) is 122 Å². The number of amides is 1. The molecule has 180 valence electrons. The number of aromatic amines is 1. The highest BCUT2D eigenvalue weighted by molar-refractivity contribution is 5.88. The predicted octanol–water partition coefficient (Wildman–Crippen LogP) is 3.73. The van der Waals surface area contributed by atoms with Crippen LogP contribution in [0.3, 0.4) is 0 Å². The molecule has 2 aromatic heterocycles. The quantitative estimate of drug-likeness (QED) is 0.351. The third-order valence-corrected chi connectivity index (χ3v) is 6.59. The van der Waals surface area contributed by atoms with Crippen molar-refractivity contribution < 1.29 is 23.8 Å². The van der Waals surface area contributed by atoms with Gasteiger partial charge in [-0.15, -0.1) is 0 Å².